The average molecular weight is 353 g/mol. The molecule has 0 saturated carbocycles. The van der Waals surface area contributed by atoms with Gasteiger partial charge in [0.2, 0.25) is 0 Å². The summed E-state index contributed by atoms with van der Waals surface area (Å²) in [6.07, 6.45) is 2.71. The largest absolute Gasteiger partial charge is 0.494 e. The van der Waals surface area contributed by atoms with Crippen molar-refractivity contribution < 1.29 is 19.1 Å². The third kappa shape index (κ3) is 3.63. The highest BCUT2D eigenvalue weighted by Crippen LogP contribution is 2.32. The number of fused-ring (bicyclic) bond motifs is 2. The summed E-state index contributed by atoms with van der Waals surface area (Å²) in [5.41, 5.74) is 7.05. The molecule has 0 bridgehead atoms. The van der Waals surface area contributed by atoms with Gasteiger partial charge in [0.05, 0.1) is 13.2 Å². The van der Waals surface area contributed by atoms with Gasteiger partial charge in [-0.3, -0.25) is 9.59 Å². The topological polar surface area (TPSA) is 78.6 Å². The Labute approximate surface area is 153 Å². The number of rotatable bonds is 8. The van der Waals surface area contributed by atoms with Crippen molar-refractivity contribution in [2.45, 2.75) is 26.2 Å². The molecule has 2 aromatic rings. The smallest absolute Gasteiger partial charge is 0.194 e. The molecule has 0 radical (unpaired) electrons. The maximum absolute atomic E-state index is 12.8. The summed E-state index contributed by atoms with van der Waals surface area (Å²) in [7, 11) is 0. The Hall–Kier alpha value is -2.66. The molecule has 0 atom stereocenters. The van der Waals surface area contributed by atoms with Crippen LogP contribution in [0.1, 0.15) is 58.0 Å². The number of carbonyl (C=O) groups excluding carboxylic acids is 2. The molecule has 0 heterocycles. The molecule has 2 aromatic carbocycles. The first-order valence-corrected chi connectivity index (χ1v) is 8.99. The Bertz CT molecular complexity index is 759. The molecule has 0 aromatic heterocycles. The molecule has 5 nitrogen and oxygen atoms in total. The molecule has 26 heavy (non-hydrogen) atoms. The van der Waals surface area contributed by atoms with E-state index in [1.165, 1.54) is 0 Å². The van der Waals surface area contributed by atoms with Gasteiger partial charge in [-0.05, 0) is 55.8 Å². The maximum atomic E-state index is 12.8. The van der Waals surface area contributed by atoms with Gasteiger partial charge in [-0.1, -0.05) is 13.3 Å². The fraction of sp³-hybridized carbons (Fsp3) is 0.333. The van der Waals surface area contributed by atoms with E-state index in [1.807, 2.05) is 0 Å². The minimum absolute atomic E-state index is 0.163. The number of unbranched alkanes of at least 4 members (excludes halogenated alkanes) is 1. The van der Waals surface area contributed by atoms with Crippen LogP contribution in [-0.2, 0) is 0 Å². The van der Waals surface area contributed by atoms with Crippen molar-refractivity contribution in [3.63, 3.8) is 0 Å². The van der Waals surface area contributed by atoms with Gasteiger partial charge in [0.1, 0.15) is 11.5 Å². The lowest BCUT2D eigenvalue weighted by Crippen LogP contribution is -2.21. The van der Waals surface area contributed by atoms with Gasteiger partial charge in [-0.15, -0.1) is 0 Å². The highest BCUT2D eigenvalue weighted by molar-refractivity contribution is 6.28. The van der Waals surface area contributed by atoms with Crippen LogP contribution < -0.4 is 15.2 Å². The van der Waals surface area contributed by atoms with Crippen molar-refractivity contribution >= 4 is 11.6 Å². The number of ether oxygens (including phenoxy) is 2. The number of hydrogen-bond acceptors (Lipinski definition) is 5. The summed E-state index contributed by atoms with van der Waals surface area (Å²) in [5, 5.41) is 0. The summed E-state index contributed by atoms with van der Waals surface area (Å²) < 4.78 is 11.3. The van der Waals surface area contributed by atoms with Gasteiger partial charge in [-0.25, -0.2) is 0 Å². The summed E-state index contributed by atoms with van der Waals surface area (Å²) in [6.45, 7) is 3.70. The highest BCUT2D eigenvalue weighted by atomic mass is 16.5. The van der Waals surface area contributed by atoms with Crippen molar-refractivity contribution in [3.8, 4) is 11.5 Å². The number of nitrogens with two attached hydrogens (primary N) is 1. The van der Waals surface area contributed by atoms with Crippen LogP contribution in [-0.4, -0.2) is 31.3 Å². The molecule has 0 saturated heterocycles. The fourth-order valence-electron chi connectivity index (χ4n) is 2.90. The van der Waals surface area contributed by atoms with E-state index in [-0.39, 0.29) is 11.6 Å². The summed E-state index contributed by atoms with van der Waals surface area (Å²) in [5.74, 6) is 0.855. The molecule has 1 aliphatic rings. The van der Waals surface area contributed by atoms with E-state index >= 15 is 0 Å². The minimum Gasteiger partial charge on any atom is -0.494 e. The van der Waals surface area contributed by atoms with Crippen LogP contribution in [0.2, 0.25) is 0 Å². The fourth-order valence-corrected chi connectivity index (χ4v) is 2.90. The Morgan fingerprint density at radius 3 is 1.73 bits per heavy atom. The van der Waals surface area contributed by atoms with E-state index in [1.54, 1.807) is 36.4 Å². The van der Waals surface area contributed by atoms with Gasteiger partial charge in [0.25, 0.3) is 0 Å². The summed E-state index contributed by atoms with van der Waals surface area (Å²) >= 11 is 0. The maximum Gasteiger partial charge on any atom is 0.194 e. The molecule has 0 aliphatic heterocycles. The van der Waals surface area contributed by atoms with Crippen molar-refractivity contribution in [1.82, 2.24) is 0 Å². The zero-order chi connectivity index (χ0) is 18.5. The third-order valence-corrected chi connectivity index (χ3v) is 4.34. The molecule has 5 heteroatoms. The Kier molecular flexibility index (Phi) is 5.68. The molecule has 1 aliphatic carbocycles. The number of benzene rings is 2. The summed E-state index contributed by atoms with van der Waals surface area (Å²) in [4.78, 5) is 25.7. The van der Waals surface area contributed by atoms with Crippen molar-refractivity contribution in [2.75, 3.05) is 19.8 Å². The van der Waals surface area contributed by atoms with Gasteiger partial charge in [-0.2, -0.15) is 0 Å². The van der Waals surface area contributed by atoms with E-state index in [0.717, 1.165) is 19.3 Å². The normalized spacial score (nSPS) is 12.5. The molecular formula is C21H23NO4. The molecule has 0 fully saturated rings. The SMILES string of the molecule is CCCCOc1ccc2c(c1)C(=O)c1ccc(OCCCN)cc1C2=O. The minimum atomic E-state index is -0.168. The van der Waals surface area contributed by atoms with Crippen molar-refractivity contribution in [3.05, 3.63) is 58.7 Å². The quantitative estimate of drug-likeness (QED) is 0.628. The Balaban J connectivity index is 1.87. The van der Waals surface area contributed by atoms with Crippen molar-refractivity contribution in [1.29, 1.82) is 0 Å². The predicted octanol–water partition coefficient (Wildman–Crippen LogP) is 3.37. The van der Waals surface area contributed by atoms with E-state index in [4.69, 9.17) is 15.2 Å². The molecule has 136 valence electrons. The van der Waals surface area contributed by atoms with Crippen LogP contribution in [0.4, 0.5) is 0 Å². The first-order valence-electron chi connectivity index (χ1n) is 8.99. The lowest BCUT2D eigenvalue weighted by molar-refractivity contribution is 0.0978. The van der Waals surface area contributed by atoms with E-state index in [2.05, 4.69) is 6.92 Å². The molecule has 0 unspecified atom stereocenters. The Morgan fingerprint density at radius 2 is 1.27 bits per heavy atom. The van der Waals surface area contributed by atoms with Crippen molar-refractivity contribution in [2.24, 2.45) is 5.73 Å². The lowest BCUT2D eigenvalue weighted by Gasteiger charge is -2.19. The zero-order valence-electron chi connectivity index (χ0n) is 14.9. The Morgan fingerprint density at radius 1 is 0.769 bits per heavy atom. The monoisotopic (exact) mass is 353 g/mol. The number of hydrogen-bond donors (Lipinski definition) is 1. The molecule has 0 amide bonds. The molecular weight excluding hydrogens is 330 g/mol. The second-order valence-electron chi connectivity index (χ2n) is 6.27. The lowest BCUT2D eigenvalue weighted by atomic mass is 9.84. The average Bonchev–Trinajstić information content (AvgIpc) is 2.66. The standard InChI is InChI=1S/C21H23NO4/c1-2-3-10-25-14-5-7-16-18(12-14)20(23)17-8-6-15(26-11-4-9-22)13-19(17)21(16)24/h5-8,12-13H,2-4,9-11,22H2,1H3. The van der Waals surface area contributed by atoms with Crippen LogP contribution in [0, 0.1) is 0 Å². The van der Waals surface area contributed by atoms with Crippen LogP contribution in [0.15, 0.2) is 36.4 Å². The van der Waals surface area contributed by atoms with Crippen LogP contribution >= 0.6 is 0 Å². The van der Waals surface area contributed by atoms with E-state index < -0.39 is 0 Å². The van der Waals surface area contributed by atoms with Gasteiger partial charge in [0, 0.05) is 22.3 Å². The third-order valence-electron chi connectivity index (χ3n) is 4.34. The number of ketones is 2. The molecule has 2 N–H and O–H groups in total. The first-order chi connectivity index (χ1) is 12.7. The van der Waals surface area contributed by atoms with Gasteiger partial charge < -0.3 is 15.2 Å². The second kappa shape index (κ2) is 8.15. The van der Waals surface area contributed by atoms with Crippen LogP contribution in [0.25, 0.3) is 0 Å². The highest BCUT2D eigenvalue weighted by Gasteiger charge is 2.30. The molecule has 0 spiro atoms. The zero-order valence-corrected chi connectivity index (χ0v) is 14.9. The van der Waals surface area contributed by atoms with E-state index in [9.17, 15) is 9.59 Å². The predicted molar refractivity (Wildman–Crippen MR) is 99.3 cm³/mol. The van der Waals surface area contributed by atoms with Gasteiger partial charge >= 0.3 is 0 Å². The van der Waals surface area contributed by atoms with Crippen LogP contribution in [0.3, 0.4) is 0 Å². The molecule has 3 rings (SSSR count). The number of carbonyl (C=O) groups is 2. The van der Waals surface area contributed by atoms with Gasteiger partial charge in [0.15, 0.2) is 11.6 Å². The second-order valence-corrected chi connectivity index (χ2v) is 6.27. The van der Waals surface area contributed by atoms with Crippen LogP contribution in [0.5, 0.6) is 11.5 Å². The summed E-state index contributed by atoms with van der Waals surface area (Å²) in [6, 6.07) is 10.1. The first kappa shape index (κ1) is 18.1. The van der Waals surface area contributed by atoms with E-state index in [0.29, 0.717) is 53.5 Å².